The van der Waals surface area contributed by atoms with Gasteiger partial charge in [-0.25, -0.2) is 4.79 Å². The van der Waals surface area contributed by atoms with Crippen molar-refractivity contribution in [2.75, 3.05) is 0 Å². The van der Waals surface area contributed by atoms with Gasteiger partial charge in [-0.3, -0.25) is 0 Å². The van der Waals surface area contributed by atoms with Crippen LogP contribution < -0.4 is 0 Å². The quantitative estimate of drug-likeness (QED) is 0.821. The van der Waals surface area contributed by atoms with Gasteiger partial charge in [0, 0.05) is 5.57 Å². The Bertz CT molecular complexity index is 714. The predicted molar refractivity (Wildman–Crippen MR) is 81.8 cm³/mol. The Morgan fingerprint density at radius 1 is 1.00 bits per heavy atom. The average Bonchev–Trinajstić information content (AvgIpc) is 2.52. The lowest BCUT2D eigenvalue weighted by molar-refractivity contribution is -0.137. The lowest BCUT2D eigenvalue weighted by atomic mass is 9.93. The first-order valence-corrected chi connectivity index (χ1v) is 6.93. The van der Waals surface area contributed by atoms with E-state index in [4.69, 9.17) is 0 Å². The fraction of sp³-hybridized carbons (Fsp3) is 0.167. The molecule has 0 radical (unpaired) electrons. The molecular weight excluding hydrogens is 305 g/mol. The third kappa shape index (κ3) is 4.22. The van der Waals surface area contributed by atoms with Gasteiger partial charge < -0.3 is 5.11 Å². The van der Waals surface area contributed by atoms with Crippen LogP contribution in [-0.4, -0.2) is 11.1 Å². The Hall–Kier alpha value is -2.56. The Kier molecular flexibility index (Phi) is 4.89. The van der Waals surface area contributed by atoms with E-state index in [-0.39, 0.29) is 5.57 Å². The van der Waals surface area contributed by atoms with Crippen molar-refractivity contribution in [1.29, 1.82) is 0 Å². The van der Waals surface area contributed by atoms with E-state index in [1.807, 2.05) is 30.3 Å². The van der Waals surface area contributed by atoms with E-state index in [2.05, 4.69) is 0 Å². The minimum absolute atomic E-state index is 0.119. The molecule has 0 fully saturated rings. The highest BCUT2D eigenvalue weighted by Crippen LogP contribution is 2.31. The molecule has 0 bridgehead atoms. The maximum atomic E-state index is 12.6. The lowest BCUT2D eigenvalue weighted by Gasteiger charge is -2.13. The molecule has 2 rings (SSSR count). The molecule has 1 N–H and O–H groups in total. The van der Waals surface area contributed by atoms with Crippen molar-refractivity contribution in [3.8, 4) is 0 Å². The van der Waals surface area contributed by atoms with Gasteiger partial charge >= 0.3 is 12.1 Å². The molecule has 0 atom stereocenters. The van der Waals surface area contributed by atoms with Crippen LogP contribution in [0.3, 0.4) is 0 Å². The Balaban J connectivity index is 2.43. The smallest absolute Gasteiger partial charge is 0.416 e. The molecule has 2 aromatic rings. The zero-order valence-electron chi connectivity index (χ0n) is 12.4. The van der Waals surface area contributed by atoms with Gasteiger partial charge in [-0.2, -0.15) is 13.2 Å². The summed E-state index contributed by atoms with van der Waals surface area (Å²) in [5.41, 5.74) is 1.23. The van der Waals surface area contributed by atoms with Crippen LogP contribution in [-0.2, 0) is 17.4 Å². The number of carboxylic acid groups (broad SMARTS) is 1. The average molecular weight is 320 g/mol. The first-order valence-electron chi connectivity index (χ1n) is 6.93. The number of alkyl halides is 3. The van der Waals surface area contributed by atoms with Gasteiger partial charge in [0.25, 0.3) is 0 Å². The van der Waals surface area contributed by atoms with Gasteiger partial charge in [-0.1, -0.05) is 42.5 Å². The molecule has 0 saturated heterocycles. The van der Waals surface area contributed by atoms with E-state index < -0.39 is 17.7 Å². The molecule has 2 aromatic carbocycles. The van der Waals surface area contributed by atoms with Crippen LogP contribution in [0.1, 0.15) is 23.6 Å². The van der Waals surface area contributed by atoms with Gasteiger partial charge in [0.2, 0.25) is 0 Å². The van der Waals surface area contributed by atoms with Gasteiger partial charge in [-0.05, 0) is 42.2 Å². The molecule has 0 aliphatic heterocycles. The summed E-state index contributed by atoms with van der Waals surface area (Å²) in [4.78, 5) is 11.3. The van der Waals surface area contributed by atoms with Crippen LogP contribution in [0.25, 0.3) is 5.57 Å². The highest BCUT2D eigenvalue weighted by Gasteiger charge is 2.30. The molecule has 0 aromatic heterocycles. The summed E-state index contributed by atoms with van der Waals surface area (Å²) in [6, 6.07) is 13.8. The number of rotatable bonds is 4. The summed E-state index contributed by atoms with van der Waals surface area (Å²) in [5.74, 6) is -1.09. The highest BCUT2D eigenvalue weighted by atomic mass is 19.4. The summed E-state index contributed by atoms with van der Waals surface area (Å²) >= 11 is 0. The molecule has 0 aliphatic carbocycles. The number of benzene rings is 2. The van der Waals surface area contributed by atoms with Crippen molar-refractivity contribution < 1.29 is 23.1 Å². The molecule has 0 spiro atoms. The second-order valence-electron chi connectivity index (χ2n) is 5.15. The summed E-state index contributed by atoms with van der Waals surface area (Å²) < 4.78 is 37.9. The summed E-state index contributed by atoms with van der Waals surface area (Å²) in [7, 11) is 0. The largest absolute Gasteiger partial charge is 0.478 e. The summed E-state index contributed by atoms with van der Waals surface area (Å²) in [6.45, 7) is 1.46. The first kappa shape index (κ1) is 16.8. The molecular formula is C18H15F3O2. The van der Waals surface area contributed by atoms with Gasteiger partial charge in [0.15, 0.2) is 0 Å². The topological polar surface area (TPSA) is 37.3 Å². The molecule has 2 nitrogen and oxygen atoms in total. The van der Waals surface area contributed by atoms with Crippen LogP contribution in [0, 0.1) is 0 Å². The standard InChI is InChI=1S/C18H15F3O2/c1-12(17(22)23)16(11-13-5-3-2-4-6-13)14-7-9-15(10-8-14)18(19,20)21/h2-10H,11H2,1H3,(H,22,23)/b16-12-. The van der Waals surface area contributed by atoms with Crippen LogP contribution >= 0.6 is 0 Å². The van der Waals surface area contributed by atoms with E-state index in [0.29, 0.717) is 17.6 Å². The SMILES string of the molecule is C/C(C(=O)O)=C(\Cc1ccccc1)c1ccc(C(F)(F)F)cc1. The van der Waals surface area contributed by atoms with Crippen molar-refractivity contribution in [3.63, 3.8) is 0 Å². The Morgan fingerprint density at radius 3 is 2.04 bits per heavy atom. The zero-order chi connectivity index (χ0) is 17.0. The monoisotopic (exact) mass is 320 g/mol. The molecule has 0 saturated carbocycles. The predicted octanol–water partition coefficient (Wildman–Crippen LogP) is 4.81. The number of hydrogen-bond donors (Lipinski definition) is 1. The molecule has 23 heavy (non-hydrogen) atoms. The van der Waals surface area contributed by atoms with Crippen molar-refractivity contribution in [2.24, 2.45) is 0 Å². The van der Waals surface area contributed by atoms with Gasteiger partial charge in [0.1, 0.15) is 0 Å². The van der Waals surface area contributed by atoms with Crippen LogP contribution in [0.5, 0.6) is 0 Å². The molecule has 0 unspecified atom stereocenters. The van der Waals surface area contributed by atoms with Crippen molar-refractivity contribution in [2.45, 2.75) is 19.5 Å². The number of halogens is 3. The molecule has 0 heterocycles. The van der Waals surface area contributed by atoms with E-state index in [9.17, 15) is 23.1 Å². The first-order chi connectivity index (χ1) is 10.8. The van der Waals surface area contributed by atoms with Crippen molar-refractivity contribution in [3.05, 3.63) is 76.9 Å². The highest BCUT2D eigenvalue weighted by molar-refractivity contribution is 5.96. The number of carbonyl (C=O) groups is 1. The molecule has 120 valence electrons. The number of carboxylic acids is 1. The van der Waals surface area contributed by atoms with Crippen LogP contribution in [0.15, 0.2) is 60.2 Å². The summed E-state index contributed by atoms with van der Waals surface area (Å²) in [6.07, 6.45) is -4.08. The van der Waals surface area contributed by atoms with E-state index >= 15 is 0 Å². The maximum Gasteiger partial charge on any atom is 0.416 e. The van der Waals surface area contributed by atoms with Crippen LogP contribution in [0.2, 0.25) is 0 Å². The van der Waals surface area contributed by atoms with Crippen molar-refractivity contribution >= 4 is 11.5 Å². The Labute approximate surface area is 131 Å². The Morgan fingerprint density at radius 2 is 1.57 bits per heavy atom. The molecule has 0 amide bonds. The second kappa shape index (κ2) is 6.69. The third-order valence-corrected chi connectivity index (χ3v) is 3.56. The fourth-order valence-corrected chi connectivity index (χ4v) is 2.24. The van der Waals surface area contributed by atoms with E-state index in [1.165, 1.54) is 19.1 Å². The maximum absolute atomic E-state index is 12.6. The van der Waals surface area contributed by atoms with Crippen LogP contribution in [0.4, 0.5) is 13.2 Å². The third-order valence-electron chi connectivity index (χ3n) is 3.56. The van der Waals surface area contributed by atoms with Crippen molar-refractivity contribution in [1.82, 2.24) is 0 Å². The van der Waals surface area contributed by atoms with E-state index in [1.54, 1.807) is 0 Å². The summed E-state index contributed by atoms with van der Waals surface area (Å²) in [5, 5.41) is 9.24. The number of allylic oxidation sites excluding steroid dienone is 1. The minimum Gasteiger partial charge on any atom is -0.478 e. The minimum atomic E-state index is -4.41. The van der Waals surface area contributed by atoms with E-state index in [0.717, 1.165) is 17.7 Å². The normalized spacial score (nSPS) is 12.7. The van der Waals surface area contributed by atoms with Gasteiger partial charge in [0.05, 0.1) is 5.56 Å². The molecule has 5 heteroatoms. The number of aliphatic carboxylic acids is 1. The lowest BCUT2D eigenvalue weighted by Crippen LogP contribution is -2.06. The second-order valence-corrected chi connectivity index (χ2v) is 5.15. The fourth-order valence-electron chi connectivity index (χ4n) is 2.24. The number of hydrogen-bond acceptors (Lipinski definition) is 1. The zero-order valence-corrected chi connectivity index (χ0v) is 12.4. The van der Waals surface area contributed by atoms with Gasteiger partial charge in [-0.15, -0.1) is 0 Å². The molecule has 0 aliphatic rings.